The molecule has 0 saturated heterocycles. The van der Waals surface area contributed by atoms with Gasteiger partial charge in [0.05, 0.1) is 18.8 Å². The quantitative estimate of drug-likeness (QED) is 0.0422. The van der Waals surface area contributed by atoms with Crippen molar-refractivity contribution in [3.05, 3.63) is 170 Å². The Morgan fingerprint density at radius 1 is 0.391 bits per heavy atom. The van der Waals surface area contributed by atoms with Crippen molar-refractivity contribution in [3.63, 3.8) is 0 Å². The molecule has 356 valence electrons. The Labute approximate surface area is 394 Å². The Hall–Kier alpha value is -4.25. The summed E-state index contributed by atoms with van der Waals surface area (Å²) in [5.74, 6) is -0.119. The lowest BCUT2D eigenvalue weighted by atomic mass is 10.1. The molecule has 0 aromatic carbocycles. The SMILES string of the molecule is CC/C=C\C/C=C\C/C=C\C/C=C\C/C=C\C/C=C\C/C=C\C/C=C\C/C=C\C/C=C\C/C=C\CCCCCC(=O)NC(CO)C(O)/C=C/CC/C=C/CC/C=C/CCCCCCC. The maximum Gasteiger partial charge on any atom is 0.220 e. The maximum absolute atomic E-state index is 12.4. The first kappa shape index (κ1) is 59.8. The summed E-state index contributed by atoms with van der Waals surface area (Å²) in [5.41, 5.74) is 0. The zero-order chi connectivity index (χ0) is 46.3. The summed E-state index contributed by atoms with van der Waals surface area (Å²) < 4.78 is 0. The van der Waals surface area contributed by atoms with Crippen LogP contribution in [-0.2, 0) is 4.79 Å². The van der Waals surface area contributed by atoms with Crippen LogP contribution in [0.2, 0.25) is 0 Å². The number of rotatable bonds is 43. The fraction of sp³-hybridized carbons (Fsp3) is 0.517. The summed E-state index contributed by atoms with van der Waals surface area (Å²) >= 11 is 0. The van der Waals surface area contributed by atoms with Gasteiger partial charge in [0.2, 0.25) is 5.91 Å². The number of unbranched alkanes of at least 4 members (excludes halogenated alkanes) is 10. The largest absolute Gasteiger partial charge is 0.394 e. The number of amides is 1. The molecule has 0 rings (SSSR count). The number of hydrogen-bond acceptors (Lipinski definition) is 3. The number of carbonyl (C=O) groups is 1. The molecule has 0 bridgehead atoms. The van der Waals surface area contributed by atoms with Crippen LogP contribution in [-0.4, -0.2) is 34.9 Å². The highest BCUT2D eigenvalue weighted by molar-refractivity contribution is 5.76. The normalized spacial score (nSPS) is 14.4. The van der Waals surface area contributed by atoms with E-state index in [1.165, 1.54) is 38.5 Å². The van der Waals surface area contributed by atoms with Crippen LogP contribution in [0.4, 0.5) is 0 Å². The van der Waals surface area contributed by atoms with Gasteiger partial charge in [-0.15, -0.1) is 0 Å². The summed E-state index contributed by atoms with van der Waals surface area (Å²) in [6.45, 7) is 4.12. The van der Waals surface area contributed by atoms with E-state index >= 15 is 0 Å². The average molecular weight is 876 g/mol. The summed E-state index contributed by atoms with van der Waals surface area (Å²) in [4.78, 5) is 12.4. The topological polar surface area (TPSA) is 69.6 Å². The van der Waals surface area contributed by atoms with Gasteiger partial charge in [-0.05, 0) is 128 Å². The first-order valence-corrected chi connectivity index (χ1v) is 25.3. The monoisotopic (exact) mass is 876 g/mol. The van der Waals surface area contributed by atoms with Crippen molar-refractivity contribution in [2.75, 3.05) is 6.61 Å². The molecular formula is C60H93NO3. The number of allylic oxidation sites excluding steroid dienone is 27. The van der Waals surface area contributed by atoms with Gasteiger partial charge in [-0.1, -0.05) is 216 Å². The molecule has 4 nitrogen and oxygen atoms in total. The lowest BCUT2D eigenvalue weighted by Crippen LogP contribution is -2.45. The molecule has 0 radical (unpaired) electrons. The van der Waals surface area contributed by atoms with Crippen LogP contribution >= 0.6 is 0 Å². The van der Waals surface area contributed by atoms with Gasteiger partial charge in [0.25, 0.3) is 0 Å². The number of aliphatic hydroxyl groups is 2. The predicted octanol–water partition coefficient (Wildman–Crippen LogP) is 16.8. The number of carbonyl (C=O) groups excluding carboxylic acids is 1. The van der Waals surface area contributed by atoms with Crippen LogP contribution < -0.4 is 5.32 Å². The highest BCUT2D eigenvalue weighted by Crippen LogP contribution is 2.08. The van der Waals surface area contributed by atoms with Gasteiger partial charge in [-0.2, -0.15) is 0 Å². The van der Waals surface area contributed by atoms with Crippen molar-refractivity contribution in [2.24, 2.45) is 0 Å². The van der Waals surface area contributed by atoms with Gasteiger partial charge in [-0.25, -0.2) is 0 Å². The van der Waals surface area contributed by atoms with Gasteiger partial charge < -0.3 is 15.5 Å². The fourth-order valence-electron chi connectivity index (χ4n) is 6.33. The van der Waals surface area contributed by atoms with Crippen molar-refractivity contribution in [1.82, 2.24) is 5.32 Å². The predicted molar refractivity (Wildman–Crippen MR) is 284 cm³/mol. The zero-order valence-electron chi connectivity index (χ0n) is 40.7. The second-order valence-corrected chi connectivity index (χ2v) is 16.1. The van der Waals surface area contributed by atoms with Gasteiger partial charge in [0.1, 0.15) is 0 Å². The molecular weight excluding hydrogens is 783 g/mol. The molecule has 3 N–H and O–H groups in total. The third kappa shape index (κ3) is 48.8. The van der Waals surface area contributed by atoms with Gasteiger partial charge in [0.15, 0.2) is 0 Å². The van der Waals surface area contributed by atoms with Gasteiger partial charge in [-0.3, -0.25) is 4.79 Å². The number of aliphatic hydroxyl groups excluding tert-OH is 2. The van der Waals surface area contributed by atoms with Crippen molar-refractivity contribution in [3.8, 4) is 0 Å². The van der Waals surface area contributed by atoms with E-state index in [1.54, 1.807) is 6.08 Å². The van der Waals surface area contributed by atoms with E-state index in [0.29, 0.717) is 6.42 Å². The lowest BCUT2D eigenvalue weighted by Gasteiger charge is -2.19. The summed E-state index contributed by atoms with van der Waals surface area (Å²) in [6.07, 6.45) is 87.6. The molecule has 0 spiro atoms. The minimum Gasteiger partial charge on any atom is -0.394 e. The van der Waals surface area contributed by atoms with Crippen LogP contribution in [0.5, 0.6) is 0 Å². The van der Waals surface area contributed by atoms with Crippen molar-refractivity contribution in [1.29, 1.82) is 0 Å². The summed E-state index contributed by atoms with van der Waals surface area (Å²) in [7, 11) is 0. The molecule has 0 fully saturated rings. The Kier molecular flexibility index (Phi) is 49.6. The van der Waals surface area contributed by atoms with E-state index in [0.717, 1.165) is 122 Å². The van der Waals surface area contributed by atoms with Crippen LogP contribution in [0.1, 0.15) is 181 Å². The van der Waals surface area contributed by atoms with Crippen LogP contribution in [0.15, 0.2) is 170 Å². The Morgan fingerprint density at radius 3 is 1.08 bits per heavy atom. The molecule has 0 aromatic heterocycles. The van der Waals surface area contributed by atoms with E-state index in [9.17, 15) is 15.0 Å². The molecule has 0 aliphatic heterocycles. The number of hydrogen-bond donors (Lipinski definition) is 3. The molecule has 0 saturated carbocycles. The highest BCUT2D eigenvalue weighted by atomic mass is 16.3. The van der Waals surface area contributed by atoms with E-state index in [2.05, 4.69) is 177 Å². The second-order valence-electron chi connectivity index (χ2n) is 16.1. The molecule has 2 unspecified atom stereocenters. The second kappa shape index (κ2) is 53.1. The zero-order valence-corrected chi connectivity index (χ0v) is 40.7. The highest BCUT2D eigenvalue weighted by Gasteiger charge is 2.17. The Balaban J connectivity index is 3.79. The van der Waals surface area contributed by atoms with Crippen molar-refractivity contribution in [2.45, 2.75) is 193 Å². The third-order valence-electron chi connectivity index (χ3n) is 10.2. The minimum atomic E-state index is -0.897. The van der Waals surface area contributed by atoms with Gasteiger partial charge in [0, 0.05) is 6.42 Å². The van der Waals surface area contributed by atoms with Gasteiger partial charge >= 0.3 is 0 Å². The van der Waals surface area contributed by atoms with E-state index < -0.39 is 12.1 Å². The summed E-state index contributed by atoms with van der Waals surface area (Å²) in [5, 5.41) is 23.0. The van der Waals surface area contributed by atoms with E-state index in [1.807, 2.05) is 6.08 Å². The molecule has 4 heteroatoms. The average Bonchev–Trinajstić information content (AvgIpc) is 3.30. The van der Waals surface area contributed by atoms with E-state index in [4.69, 9.17) is 0 Å². The fourth-order valence-corrected chi connectivity index (χ4v) is 6.33. The first-order chi connectivity index (χ1) is 31.7. The van der Waals surface area contributed by atoms with Crippen molar-refractivity contribution < 1.29 is 15.0 Å². The molecule has 2 atom stereocenters. The van der Waals surface area contributed by atoms with Crippen molar-refractivity contribution >= 4 is 5.91 Å². The van der Waals surface area contributed by atoms with E-state index in [-0.39, 0.29) is 12.5 Å². The molecule has 0 aromatic rings. The standard InChI is InChI=1S/C60H93NO3/c1-3-5-7-9-11-13-15-17-19-20-21-22-23-24-25-26-27-28-29-30-31-32-33-34-35-36-37-38-39-40-42-44-46-48-50-52-54-56-60(64)61-58(57-62)59(63)55-53-51-49-47-45-43-41-18-16-14-12-10-8-6-4-2/h5,7,11,13,16-19,21-22,24-25,27-28,30-31,33-34,36-37,39-40,44-47,53,55,58-59,62-63H,3-4,6,8-10,12,14-15,20,23,26,29,32,35,38,41-43,48-52,54,56-57H2,1-2H3,(H,61,64)/b7-5-,13-11-,18-16+,19-17-,22-21-,25-24-,28-27-,31-30-,34-33-,37-36-,40-39-,46-44-,47-45+,55-53+. The molecule has 0 heterocycles. The molecule has 1 amide bonds. The van der Waals surface area contributed by atoms with Crippen LogP contribution in [0, 0.1) is 0 Å². The maximum atomic E-state index is 12.4. The van der Waals surface area contributed by atoms with Crippen LogP contribution in [0.25, 0.3) is 0 Å². The smallest absolute Gasteiger partial charge is 0.220 e. The molecule has 0 aliphatic carbocycles. The number of nitrogens with one attached hydrogen (secondary N) is 1. The van der Waals surface area contributed by atoms with Crippen LogP contribution in [0.3, 0.4) is 0 Å². The first-order valence-electron chi connectivity index (χ1n) is 25.3. The molecule has 0 aliphatic rings. The lowest BCUT2D eigenvalue weighted by molar-refractivity contribution is -0.123. The third-order valence-corrected chi connectivity index (χ3v) is 10.2. The molecule has 64 heavy (non-hydrogen) atoms. The Morgan fingerprint density at radius 2 is 0.703 bits per heavy atom. The summed E-state index contributed by atoms with van der Waals surface area (Å²) in [6, 6.07) is -0.676. The minimum absolute atomic E-state index is 0.119. The Bertz CT molecular complexity index is 1460.